The van der Waals surface area contributed by atoms with E-state index in [2.05, 4.69) is 30.6 Å². The Balaban J connectivity index is 1.86. The zero-order valence-corrected chi connectivity index (χ0v) is 13.7. The van der Waals surface area contributed by atoms with Crippen molar-refractivity contribution in [2.45, 2.75) is 13.3 Å². The van der Waals surface area contributed by atoms with Gasteiger partial charge < -0.3 is 5.32 Å². The van der Waals surface area contributed by atoms with Crippen LogP contribution in [0.3, 0.4) is 0 Å². The van der Waals surface area contributed by atoms with Crippen LogP contribution in [0.1, 0.15) is 18.2 Å². The number of hydrogen-bond donors (Lipinski definition) is 2. The monoisotopic (exact) mass is 342 g/mol. The summed E-state index contributed by atoms with van der Waals surface area (Å²) in [4.78, 5) is 28.7. The first-order valence-corrected chi connectivity index (χ1v) is 7.79. The van der Waals surface area contributed by atoms with Gasteiger partial charge in [0.2, 0.25) is 0 Å². The van der Waals surface area contributed by atoms with Gasteiger partial charge in [0.25, 0.3) is 0 Å². The third-order valence-corrected chi connectivity index (χ3v) is 3.60. The van der Waals surface area contributed by atoms with E-state index in [1.807, 2.05) is 13.0 Å². The minimum absolute atomic E-state index is 0.308. The van der Waals surface area contributed by atoms with Crippen molar-refractivity contribution in [1.82, 2.24) is 25.3 Å². The molecule has 0 aliphatic carbocycles. The van der Waals surface area contributed by atoms with Crippen LogP contribution in [0.15, 0.2) is 36.8 Å². The van der Waals surface area contributed by atoms with E-state index in [0.29, 0.717) is 35.0 Å². The molecule has 24 heavy (non-hydrogen) atoms. The number of pyridine rings is 2. The second kappa shape index (κ2) is 7.18. The van der Waals surface area contributed by atoms with Crippen LogP contribution in [0, 0.1) is 0 Å². The molecule has 0 aliphatic rings. The summed E-state index contributed by atoms with van der Waals surface area (Å²) >= 11 is 6.12. The van der Waals surface area contributed by atoms with Crippen LogP contribution in [0.5, 0.6) is 0 Å². The van der Waals surface area contributed by atoms with Crippen LogP contribution < -0.4 is 10.6 Å². The van der Waals surface area contributed by atoms with Gasteiger partial charge in [-0.3, -0.25) is 15.3 Å². The molecule has 0 radical (unpaired) electrons. The van der Waals surface area contributed by atoms with E-state index in [9.17, 15) is 4.79 Å². The first-order valence-electron chi connectivity index (χ1n) is 7.41. The summed E-state index contributed by atoms with van der Waals surface area (Å²) in [6.45, 7) is 2.38. The zero-order valence-electron chi connectivity index (χ0n) is 13.0. The number of carbonyl (C=O) groups is 1. The molecule has 3 heterocycles. The number of fused-ring (bicyclic) bond motifs is 1. The SMILES string of the molecule is CCNC(=O)Nc1ccc2ncc(Cc3ccncc3Cl)nc2n1. The molecule has 0 spiro atoms. The molecule has 2 N–H and O–H groups in total. The number of anilines is 1. The van der Waals surface area contributed by atoms with Gasteiger partial charge in [-0.25, -0.2) is 14.8 Å². The number of rotatable bonds is 4. The van der Waals surface area contributed by atoms with E-state index in [-0.39, 0.29) is 6.03 Å². The number of nitrogens with one attached hydrogen (secondary N) is 2. The highest BCUT2D eigenvalue weighted by atomic mass is 35.5. The van der Waals surface area contributed by atoms with Crippen LogP contribution in [-0.4, -0.2) is 32.5 Å². The Hall–Kier alpha value is -2.80. The van der Waals surface area contributed by atoms with E-state index in [4.69, 9.17) is 11.6 Å². The number of hydrogen-bond acceptors (Lipinski definition) is 5. The molecule has 0 saturated carbocycles. The van der Waals surface area contributed by atoms with Gasteiger partial charge in [-0.2, -0.15) is 0 Å². The third kappa shape index (κ3) is 3.75. The first kappa shape index (κ1) is 16.1. The molecule has 7 nitrogen and oxygen atoms in total. The first-order chi connectivity index (χ1) is 11.7. The van der Waals surface area contributed by atoms with Crippen molar-refractivity contribution in [2.24, 2.45) is 0 Å². The molecule has 2 amide bonds. The fourth-order valence-electron chi connectivity index (χ4n) is 2.15. The molecule has 0 bridgehead atoms. The number of aromatic nitrogens is 4. The van der Waals surface area contributed by atoms with Crippen LogP contribution in [0.4, 0.5) is 10.6 Å². The van der Waals surface area contributed by atoms with Gasteiger partial charge in [0.05, 0.1) is 10.7 Å². The molecule has 0 saturated heterocycles. The Morgan fingerprint density at radius 3 is 2.88 bits per heavy atom. The standard InChI is InChI=1S/C16H15ClN6O/c1-2-19-16(24)23-14-4-3-13-15(22-14)21-11(8-20-13)7-10-5-6-18-9-12(10)17/h3-6,8-9H,2,7H2,1H3,(H2,19,21,22,23,24). The van der Waals surface area contributed by atoms with Gasteiger partial charge in [-0.05, 0) is 30.7 Å². The lowest BCUT2D eigenvalue weighted by Gasteiger charge is -2.07. The Morgan fingerprint density at radius 2 is 2.08 bits per heavy atom. The second-order valence-electron chi connectivity index (χ2n) is 5.03. The maximum Gasteiger partial charge on any atom is 0.320 e. The van der Waals surface area contributed by atoms with Gasteiger partial charge >= 0.3 is 6.03 Å². The fraction of sp³-hybridized carbons (Fsp3) is 0.188. The summed E-state index contributed by atoms with van der Waals surface area (Å²) in [5, 5.41) is 5.88. The van der Waals surface area contributed by atoms with Crippen molar-refractivity contribution < 1.29 is 4.79 Å². The summed E-state index contributed by atoms with van der Waals surface area (Å²) in [6.07, 6.45) is 5.50. The van der Waals surface area contributed by atoms with Crippen molar-refractivity contribution in [3.05, 3.63) is 53.1 Å². The molecule has 3 aromatic heterocycles. The Bertz CT molecular complexity index is 885. The average molecular weight is 343 g/mol. The fourth-order valence-corrected chi connectivity index (χ4v) is 2.34. The Labute approximate surface area is 143 Å². The minimum atomic E-state index is -0.308. The molecule has 0 aliphatic heterocycles. The molecule has 0 aromatic carbocycles. The quantitative estimate of drug-likeness (QED) is 0.760. The number of carbonyl (C=O) groups excluding carboxylic acids is 1. The van der Waals surface area contributed by atoms with E-state index in [1.54, 1.807) is 30.7 Å². The van der Waals surface area contributed by atoms with E-state index in [1.165, 1.54) is 0 Å². The average Bonchev–Trinajstić information content (AvgIpc) is 2.57. The van der Waals surface area contributed by atoms with Gasteiger partial charge in [-0.15, -0.1) is 0 Å². The molecule has 8 heteroatoms. The molecule has 0 fully saturated rings. The van der Waals surface area contributed by atoms with Crippen molar-refractivity contribution in [3.63, 3.8) is 0 Å². The van der Waals surface area contributed by atoms with Gasteiger partial charge in [0, 0.05) is 31.6 Å². The maximum atomic E-state index is 11.6. The number of halogens is 1. The van der Waals surface area contributed by atoms with Gasteiger partial charge in [-0.1, -0.05) is 11.6 Å². The third-order valence-electron chi connectivity index (χ3n) is 3.26. The van der Waals surface area contributed by atoms with Crippen LogP contribution >= 0.6 is 11.6 Å². The van der Waals surface area contributed by atoms with E-state index in [0.717, 1.165) is 11.3 Å². The molecular formula is C16H15ClN6O. The summed E-state index contributed by atoms with van der Waals surface area (Å²) in [6, 6.07) is 4.98. The van der Waals surface area contributed by atoms with Crippen LogP contribution in [0.25, 0.3) is 11.2 Å². The van der Waals surface area contributed by atoms with Crippen LogP contribution in [0.2, 0.25) is 5.02 Å². The normalized spacial score (nSPS) is 10.6. The van der Waals surface area contributed by atoms with Crippen molar-refractivity contribution in [1.29, 1.82) is 0 Å². The molecule has 3 rings (SSSR count). The highest BCUT2D eigenvalue weighted by molar-refractivity contribution is 6.31. The number of urea groups is 1. The number of nitrogens with zero attached hydrogens (tertiary/aromatic N) is 4. The lowest BCUT2D eigenvalue weighted by molar-refractivity contribution is 0.252. The molecular weight excluding hydrogens is 328 g/mol. The lowest BCUT2D eigenvalue weighted by atomic mass is 10.1. The zero-order chi connectivity index (χ0) is 16.9. The van der Waals surface area contributed by atoms with Crippen molar-refractivity contribution in [3.8, 4) is 0 Å². The predicted molar refractivity (Wildman–Crippen MR) is 92.1 cm³/mol. The van der Waals surface area contributed by atoms with Crippen molar-refractivity contribution >= 4 is 34.6 Å². The summed E-state index contributed by atoms with van der Waals surface area (Å²) in [7, 11) is 0. The molecule has 0 atom stereocenters. The van der Waals surface area contributed by atoms with E-state index < -0.39 is 0 Å². The van der Waals surface area contributed by atoms with Crippen molar-refractivity contribution in [2.75, 3.05) is 11.9 Å². The second-order valence-corrected chi connectivity index (χ2v) is 5.44. The largest absolute Gasteiger partial charge is 0.338 e. The summed E-state index contributed by atoms with van der Waals surface area (Å²) < 4.78 is 0. The summed E-state index contributed by atoms with van der Waals surface area (Å²) in [5.74, 6) is 0.418. The molecule has 122 valence electrons. The molecule has 3 aromatic rings. The lowest BCUT2D eigenvalue weighted by Crippen LogP contribution is -2.28. The molecule has 0 unspecified atom stereocenters. The highest BCUT2D eigenvalue weighted by Crippen LogP contribution is 2.18. The summed E-state index contributed by atoms with van der Waals surface area (Å²) in [5.41, 5.74) is 2.77. The van der Waals surface area contributed by atoms with Gasteiger partial charge in [0.15, 0.2) is 5.65 Å². The number of amides is 2. The maximum absolute atomic E-state index is 11.6. The Morgan fingerprint density at radius 1 is 1.21 bits per heavy atom. The smallest absolute Gasteiger partial charge is 0.320 e. The van der Waals surface area contributed by atoms with E-state index >= 15 is 0 Å². The van der Waals surface area contributed by atoms with Gasteiger partial charge in [0.1, 0.15) is 11.3 Å². The Kier molecular flexibility index (Phi) is 4.81. The topological polar surface area (TPSA) is 92.7 Å². The minimum Gasteiger partial charge on any atom is -0.338 e. The predicted octanol–water partition coefficient (Wildman–Crippen LogP) is 2.81. The highest BCUT2D eigenvalue weighted by Gasteiger charge is 2.07. The van der Waals surface area contributed by atoms with Crippen LogP contribution in [-0.2, 0) is 6.42 Å².